The van der Waals surface area contributed by atoms with Crippen molar-refractivity contribution in [3.8, 4) is 5.75 Å². The van der Waals surface area contributed by atoms with Gasteiger partial charge in [-0.15, -0.1) is 0 Å². The van der Waals surface area contributed by atoms with E-state index in [9.17, 15) is 4.79 Å². The molecule has 2 aromatic rings. The van der Waals surface area contributed by atoms with Crippen molar-refractivity contribution in [2.24, 2.45) is 5.84 Å². The van der Waals surface area contributed by atoms with Gasteiger partial charge in [0.2, 0.25) is 0 Å². The van der Waals surface area contributed by atoms with Crippen molar-refractivity contribution in [2.45, 2.75) is 32.9 Å². The van der Waals surface area contributed by atoms with E-state index in [1.165, 1.54) is 0 Å². The number of aryl methyl sites for hydroxylation is 1. The number of hydrazine groups is 1. The fourth-order valence-corrected chi connectivity index (χ4v) is 2.05. The van der Waals surface area contributed by atoms with Crippen LogP contribution in [-0.2, 0) is 16.2 Å². The van der Waals surface area contributed by atoms with Crippen LogP contribution in [0.2, 0.25) is 0 Å². The number of hydrogen-bond donors (Lipinski definition) is 2. The second kappa shape index (κ2) is 6.40. The molecule has 20 heavy (non-hydrogen) atoms. The Labute approximate surface area is 117 Å². The molecule has 1 aromatic heterocycles. The van der Waals surface area contributed by atoms with Crippen LogP contribution < -0.4 is 16.2 Å². The van der Waals surface area contributed by atoms with Gasteiger partial charge >= 0.3 is 5.97 Å². The summed E-state index contributed by atoms with van der Waals surface area (Å²) in [6, 6.07) is 7.90. The normalized spacial score (nSPS) is 11.0. The minimum atomic E-state index is -0.394. The molecule has 1 aromatic carbocycles. The molecular formula is C14H19N3O3. The first-order valence-corrected chi connectivity index (χ1v) is 6.51. The minimum Gasteiger partial charge on any atom is -0.491 e. The van der Waals surface area contributed by atoms with Crippen LogP contribution in [0.4, 0.5) is 0 Å². The molecule has 108 valence electrons. The highest BCUT2D eigenvalue weighted by molar-refractivity contribution is 5.82. The minimum absolute atomic E-state index is 0.146. The van der Waals surface area contributed by atoms with Crippen LogP contribution in [0.1, 0.15) is 20.3 Å². The van der Waals surface area contributed by atoms with Crippen molar-refractivity contribution in [1.29, 1.82) is 0 Å². The van der Waals surface area contributed by atoms with Gasteiger partial charge in [-0.05, 0) is 38.1 Å². The van der Waals surface area contributed by atoms with Gasteiger partial charge in [-0.3, -0.25) is 4.79 Å². The highest BCUT2D eigenvalue weighted by atomic mass is 16.7. The largest absolute Gasteiger partial charge is 0.491 e. The van der Waals surface area contributed by atoms with E-state index in [0.29, 0.717) is 6.54 Å². The van der Waals surface area contributed by atoms with Crippen molar-refractivity contribution in [3.05, 3.63) is 30.5 Å². The zero-order valence-electron chi connectivity index (χ0n) is 11.6. The van der Waals surface area contributed by atoms with Gasteiger partial charge < -0.3 is 14.1 Å². The van der Waals surface area contributed by atoms with Gasteiger partial charge in [0.05, 0.1) is 12.5 Å². The molecule has 0 atom stereocenters. The van der Waals surface area contributed by atoms with Gasteiger partial charge in [0.25, 0.3) is 0 Å². The van der Waals surface area contributed by atoms with Gasteiger partial charge in [-0.25, -0.2) is 5.84 Å². The topological polar surface area (TPSA) is 78.5 Å². The number of nitrogens with one attached hydrogen (secondary N) is 1. The van der Waals surface area contributed by atoms with Crippen LogP contribution in [0, 0.1) is 0 Å². The fraction of sp³-hybridized carbons (Fsp3) is 0.357. The molecule has 0 aliphatic rings. The Kier molecular flexibility index (Phi) is 4.60. The Bertz CT molecular complexity index is 592. The van der Waals surface area contributed by atoms with Crippen molar-refractivity contribution in [2.75, 3.05) is 0 Å². The molecule has 0 fully saturated rings. The number of hydrogen-bond acceptors (Lipinski definition) is 5. The van der Waals surface area contributed by atoms with E-state index < -0.39 is 5.97 Å². The summed E-state index contributed by atoms with van der Waals surface area (Å²) in [6.07, 6.45) is 2.33. The number of carbonyl (C=O) groups excluding carboxylic acids is 1. The van der Waals surface area contributed by atoms with Crippen molar-refractivity contribution in [3.63, 3.8) is 0 Å². The molecule has 6 heteroatoms. The molecule has 2 rings (SSSR count). The van der Waals surface area contributed by atoms with Crippen molar-refractivity contribution >= 4 is 16.9 Å². The molecule has 0 radical (unpaired) electrons. The number of benzene rings is 1. The Morgan fingerprint density at radius 2 is 2.20 bits per heavy atom. The second-order valence-electron chi connectivity index (χ2n) is 4.74. The monoisotopic (exact) mass is 277 g/mol. The summed E-state index contributed by atoms with van der Waals surface area (Å²) in [4.78, 5) is 15.7. The highest BCUT2D eigenvalue weighted by Crippen LogP contribution is 2.23. The molecule has 0 unspecified atom stereocenters. The summed E-state index contributed by atoms with van der Waals surface area (Å²) < 4.78 is 7.65. The maximum atomic E-state index is 11.3. The lowest BCUT2D eigenvalue weighted by molar-refractivity contribution is -0.151. The highest BCUT2D eigenvalue weighted by Gasteiger charge is 2.07. The third-order valence-corrected chi connectivity index (χ3v) is 2.84. The first-order chi connectivity index (χ1) is 9.60. The van der Waals surface area contributed by atoms with Crippen LogP contribution in [-0.4, -0.2) is 16.6 Å². The summed E-state index contributed by atoms with van der Waals surface area (Å²) in [6.45, 7) is 4.52. The summed E-state index contributed by atoms with van der Waals surface area (Å²) in [5, 5.41) is 1.08. The molecule has 0 saturated carbocycles. The molecule has 1 heterocycles. The fourth-order valence-electron chi connectivity index (χ4n) is 2.05. The third-order valence-electron chi connectivity index (χ3n) is 2.84. The van der Waals surface area contributed by atoms with Crippen molar-refractivity contribution < 1.29 is 14.4 Å². The van der Waals surface area contributed by atoms with Gasteiger partial charge in [0, 0.05) is 23.6 Å². The third kappa shape index (κ3) is 3.49. The van der Waals surface area contributed by atoms with E-state index in [1.807, 2.05) is 54.5 Å². The number of ether oxygens (including phenoxy) is 1. The van der Waals surface area contributed by atoms with Crippen LogP contribution in [0.15, 0.2) is 30.5 Å². The van der Waals surface area contributed by atoms with Crippen LogP contribution in [0.25, 0.3) is 10.9 Å². The molecule has 0 bridgehead atoms. The number of fused-ring (bicyclic) bond motifs is 1. The summed E-state index contributed by atoms with van der Waals surface area (Å²) in [5.74, 6) is 5.36. The standard InChI is InChI=1S/C14H19N3O3/c1-10(2)19-12-3-4-13-11(9-12)5-7-17(13)8-6-14(18)20-16-15/h3-5,7,9-10,16H,6,8,15H2,1-2H3. The van der Waals surface area contributed by atoms with E-state index in [-0.39, 0.29) is 12.5 Å². The lowest BCUT2D eigenvalue weighted by Crippen LogP contribution is -2.26. The number of nitrogens with zero attached hydrogens (tertiary/aromatic N) is 1. The van der Waals surface area contributed by atoms with E-state index in [1.54, 1.807) is 0 Å². The SMILES string of the molecule is CC(C)Oc1ccc2c(ccn2CCC(=O)ONN)c1. The van der Waals surface area contributed by atoms with Crippen LogP contribution >= 0.6 is 0 Å². The first-order valence-electron chi connectivity index (χ1n) is 6.51. The first kappa shape index (κ1) is 14.4. The zero-order chi connectivity index (χ0) is 14.5. The molecular weight excluding hydrogens is 258 g/mol. The van der Waals surface area contributed by atoms with Crippen LogP contribution in [0.3, 0.4) is 0 Å². The maximum absolute atomic E-state index is 11.3. The van der Waals surface area contributed by atoms with E-state index in [4.69, 9.17) is 10.6 Å². The summed E-state index contributed by atoms with van der Waals surface area (Å²) >= 11 is 0. The maximum Gasteiger partial charge on any atom is 0.328 e. The Balaban J connectivity index is 2.10. The number of carbonyl (C=O) groups is 1. The number of rotatable bonds is 6. The average molecular weight is 277 g/mol. The van der Waals surface area contributed by atoms with Crippen LogP contribution in [0.5, 0.6) is 5.75 Å². The van der Waals surface area contributed by atoms with Gasteiger partial charge in [-0.2, -0.15) is 0 Å². The van der Waals surface area contributed by atoms with Gasteiger partial charge in [-0.1, -0.05) is 5.59 Å². The Morgan fingerprint density at radius 3 is 2.90 bits per heavy atom. The molecule has 0 spiro atoms. The average Bonchev–Trinajstić information content (AvgIpc) is 2.78. The lowest BCUT2D eigenvalue weighted by Gasteiger charge is -2.10. The van der Waals surface area contributed by atoms with E-state index in [2.05, 4.69) is 4.84 Å². The predicted octanol–water partition coefficient (Wildman–Crippen LogP) is 1.74. The Morgan fingerprint density at radius 1 is 1.40 bits per heavy atom. The molecule has 0 aliphatic heterocycles. The summed E-state index contributed by atoms with van der Waals surface area (Å²) in [5.41, 5.74) is 2.94. The molecule has 0 amide bonds. The van der Waals surface area contributed by atoms with E-state index in [0.717, 1.165) is 16.7 Å². The molecule has 0 aliphatic carbocycles. The zero-order valence-corrected chi connectivity index (χ0v) is 11.6. The molecule has 3 N–H and O–H groups in total. The lowest BCUT2D eigenvalue weighted by atomic mass is 10.2. The number of nitrogens with two attached hydrogens (primary N) is 1. The molecule has 0 saturated heterocycles. The van der Waals surface area contributed by atoms with Gasteiger partial charge in [0.1, 0.15) is 5.75 Å². The van der Waals surface area contributed by atoms with Crippen molar-refractivity contribution in [1.82, 2.24) is 10.2 Å². The van der Waals surface area contributed by atoms with E-state index >= 15 is 0 Å². The second-order valence-corrected chi connectivity index (χ2v) is 4.74. The quantitative estimate of drug-likeness (QED) is 0.621. The molecule has 6 nitrogen and oxygen atoms in total. The number of aromatic nitrogens is 1. The Hall–Kier alpha value is -2.05. The van der Waals surface area contributed by atoms with Gasteiger partial charge in [0.15, 0.2) is 0 Å². The summed E-state index contributed by atoms with van der Waals surface area (Å²) in [7, 11) is 0. The predicted molar refractivity (Wildman–Crippen MR) is 75.7 cm³/mol. The smallest absolute Gasteiger partial charge is 0.328 e.